The molecule has 1 N–H and O–H groups in total. The summed E-state index contributed by atoms with van der Waals surface area (Å²) in [5.41, 5.74) is 4.31. The fourth-order valence-corrected chi connectivity index (χ4v) is 4.45. The van der Waals surface area contributed by atoms with Gasteiger partial charge in [-0.15, -0.1) is 10.2 Å². The third kappa shape index (κ3) is 4.83. The molecule has 1 unspecified atom stereocenters. The zero-order valence-corrected chi connectivity index (χ0v) is 19.9. The van der Waals surface area contributed by atoms with Gasteiger partial charge in [0.15, 0.2) is 16.8 Å². The molecule has 0 radical (unpaired) electrons. The Morgan fingerprint density at radius 3 is 2.52 bits per heavy atom. The summed E-state index contributed by atoms with van der Waals surface area (Å²) in [5.74, 6) is 1.54. The van der Waals surface area contributed by atoms with E-state index in [2.05, 4.69) is 62.3 Å². The number of thioether (sulfide) groups is 1. The fourth-order valence-electron chi connectivity index (χ4n) is 3.60. The smallest absolute Gasteiger partial charge is 0.238 e. The zero-order chi connectivity index (χ0) is 23.4. The van der Waals surface area contributed by atoms with Gasteiger partial charge in [0.25, 0.3) is 0 Å². The molecule has 0 bridgehead atoms. The van der Waals surface area contributed by atoms with Gasteiger partial charge in [-0.3, -0.25) is 14.3 Å². The first-order valence-electron chi connectivity index (χ1n) is 10.9. The van der Waals surface area contributed by atoms with Crippen molar-refractivity contribution in [3.63, 3.8) is 0 Å². The summed E-state index contributed by atoms with van der Waals surface area (Å²) >= 11 is 1.35. The lowest BCUT2D eigenvalue weighted by Crippen LogP contribution is -2.23. The molecule has 0 aliphatic heterocycles. The number of nitrogens with one attached hydrogen (secondary N) is 1. The number of carbonyl (C=O) groups is 1. The van der Waals surface area contributed by atoms with Crippen LogP contribution in [0, 0.1) is 6.92 Å². The van der Waals surface area contributed by atoms with Crippen molar-refractivity contribution in [1.29, 1.82) is 0 Å². The first-order chi connectivity index (χ1) is 16.0. The Morgan fingerprint density at radius 2 is 1.91 bits per heavy atom. The lowest BCUT2D eigenvalue weighted by atomic mass is 10.0. The minimum Gasteiger partial charge on any atom is -0.360 e. The molecule has 3 aromatic heterocycles. The van der Waals surface area contributed by atoms with Crippen LogP contribution in [0.25, 0.3) is 17.1 Å². The van der Waals surface area contributed by atoms with Crippen molar-refractivity contribution in [3.05, 3.63) is 65.7 Å². The normalized spacial score (nSPS) is 12.0. The van der Waals surface area contributed by atoms with Gasteiger partial charge in [-0.05, 0) is 49.9 Å². The number of rotatable bonds is 8. The molecule has 1 amide bonds. The number of anilines is 1. The number of benzene rings is 1. The molecule has 8 nitrogen and oxygen atoms in total. The summed E-state index contributed by atoms with van der Waals surface area (Å²) in [6.45, 7) is 7.88. The number of pyridine rings is 1. The van der Waals surface area contributed by atoms with Gasteiger partial charge < -0.3 is 9.84 Å². The number of aryl methyl sites for hydroxylation is 3. The largest absolute Gasteiger partial charge is 0.360 e. The Labute approximate surface area is 196 Å². The van der Waals surface area contributed by atoms with Crippen LogP contribution in [0.15, 0.2) is 58.5 Å². The first-order valence-corrected chi connectivity index (χ1v) is 11.8. The van der Waals surface area contributed by atoms with Gasteiger partial charge in [-0.1, -0.05) is 49.0 Å². The van der Waals surface area contributed by atoms with Crippen molar-refractivity contribution in [1.82, 2.24) is 24.9 Å². The molecule has 1 aromatic carbocycles. The molecule has 33 heavy (non-hydrogen) atoms. The molecule has 4 rings (SSSR count). The predicted octanol–water partition coefficient (Wildman–Crippen LogP) is 4.87. The average molecular weight is 463 g/mol. The highest BCUT2D eigenvalue weighted by molar-refractivity contribution is 8.00. The van der Waals surface area contributed by atoms with E-state index in [1.807, 2.05) is 19.1 Å². The monoisotopic (exact) mass is 462 g/mol. The SMILES string of the molecule is CCc1cccc(CC)c1-n1c(SC(C)C(=O)Nc2cc(C)on2)nnc1-c1cccnc1. The number of hydrogen-bond donors (Lipinski definition) is 1. The van der Waals surface area contributed by atoms with Gasteiger partial charge in [-0.25, -0.2) is 0 Å². The lowest BCUT2D eigenvalue weighted by molar-refractivity contribution is -0.115. The molecular weight excluding hydrogens is 436 g/mol. The van der Waals surface area contributed by atoms with E-state index in [0.29, 0.717) is 22.6 Å². The quantitative estimate of drug-likeness (QED) is 0.373. The van der Waals surface area contributed by atoms with E-state index in [1.165, 1.54) is 22.9 Å². The maximum absolute atomic E-state index is 12.8. The molecule has 9 heteroatoms. The first kappa shape index (κ1) is 22.7. The maximum Gasteiger partial charge on any atom is 0.238 e. The van der Waals surface area contributed by atoms with Crippen LogP contribution in [0.2, 0.25) is 0 Å². The summed E-state index contributed by atoms with van der Waals surface area (Å²) < 4.78 is 7.10. The van der Waals surface area contributed by atoms with E-state index in [1.54, 1.807) is 25.4 Å². The van der Waals surface area contributed by atoms with Crippen molar-refractivity contribution in [2.45, 2.75) is 50.9 Å². The maximum atomic E-state index is 12.8. The van der Waals surface area contributed by atoms with Gasteiger partial charge in [0, 0.05) is 24.0 Å². The molecule has 1 atom stereocenters. The van der Waals surface area contributed by atoms with Gasteiger partial charge in [0.2, 0.25) is 5.91 Å². The van der Waals surface area contributed by atoms with Crippen LogP contribution in [-0.2, 0) is 17.6 Å². The molecule has 170 valence electrons. The van der Waals surface area contributed by atoms with Crippen molar-refractivity contribution in [2.24, 2.45) is 0 Å². The molecule has 4 aromatic rings. The van der Waals surface area contributed by atoms with Crippen LogP contribution in [0.5, 0.6) is 0 Å². The number of aromatic nitrogens is 5. The summed E-state index contributed by atoms with van der Waals surface area (Å²) in [5, 5.41) is 15.8. The zero-order valence-electron chi connectivity index (χ0n) is 19.1. The van der Waals surface area contributed by atoms with Gasteiger partial charge in [0.05, 0.1) is 10.9 Å². The topological polar surface area (TPSA) is 98.7 Å². The Morgan fingerprint density at radius 1 is 1.15 bits per heavy atom. The van der Waals surface area contributed by atoms with Crippen LogP contribution >= 0.6 is 11.8 Å². The van der Waals surface area contributed by atoms with Crippen LogP contribution < -0.4 is 5.32 Å². The third-order valence-electron chi connectivity index (χ3n) is 5.27. The second-order valence-electron chi connectivity index (χ2n) is 7.59. The minimum atomic E-state index is -0.439. The highest BCUT2D eigenvalue weighted by atomic mass is 32.2. The van der Waals surface area contributed by atoms with Crippen molar-refractivity contribution >= 4 is 23.5 Å². The number of nitrogens with zero attached hydrogens (tertiary/aromatic N) is 5. The van der Waals surface area contributed by atoms with E-state index < -0.39 is 5.25 Å². The van der Waals surface area contributed by atoms with Gasteiger partial charge in [0.1, 0.15) is 5.76 Å². The summed E-state index contributed by atoms with van der Waals surface area (Å²) in [6, 6.07) is 11.9. The highest BCUT2D eigenvalue weighted by Gasteiger charge is 2.24. The van der Waals surface area contributed by atoms with Crippen LogP contribution in [0.1, 0.15) is 37.7 Å². The number of amides is 1. The van der Waals surface area contributed by atoms with E-state index in [9.17, 15) is 4.79 Å². The molecule has 0 saturated heterocycles. The van der Waals surface area contributed by atoms with Crippen LogP contribution in [0.4, 0.5) is 5.82 Å². The van der Waals surface area contributed by atoms with E-state index in [4.69, 9.17) is 4.52 Å². The molecule has 0 fully saturated rings. The predicted molar refractivity (Wildman–Crippen MR) is 129 cm³/mol. The molecule has 0 aliphatic rings. The van der Waals surface area contributed by atoms with E-state index in [0.717, 1.165) is 24.1 Å². The number of hydrogen-bond acceptors (Lipinski definition) is 7. The molecule has 3 heterocycles. The Kier molecular flexibility index (Phi) is 6.88. The Bertz CT molecular complexity index is 1230. The summed E-state index contributed by atoms with van der Waals surface area (Å²) in [7, 11) is 0. The van der Waals surface area contributed by atoms with E-state index in [-0.39, 0.29) is 5.91 Å². The summed E-state index contributed by atoms with van der Waals surface area (Å²) in [6.07, 6.45) is 5.23. The molecule has 0 spiro atoms. The van der Waals surface area contributed by atoms with Gasteiger partial charge >= 0.3 is 0 Å². The Balaban J connectivity index is 1.75. The van der Waals surface area contributed by atoms with Crippen LogP contribution in [0.3, 0.4) is 0 Å². The summed E-state index contributed by atoms with van der Waals surface area (Å²) in [4.78, 5) is 17.1. The molecule has 0 aliphatic carbocycles. The molecular formula is C24H26N6O2S. The van der Waals surface area contributed by atoms with Crippen LogP contribution in [-0.4, -0.2) is 36.1 Å². The van der Waals surface area contributed by atoms with Crippen molar-refractivity contribution in [3.8, 4) is 17.1 Å². The Hall–Kier alpha value is -3.46. The van der Waals surface area contributed by atoms with Gasteiger partial charge in [-0.2, -0.15) is 0 Å². The second-order valence-corrected chi connectivity index (χ2v) is 8.90. The minimum absolute atomic E-state index is 0.190. The average Bonchev–Trinajstić information content (AvgIpc) is 3.44. The second kappa shape index (κ2) is 9.99. The standard InChI is InChI=1S/C24H26N6O2S/c1-5-17-9-7-10-18(6-2)21(17)30-22(19-11-8-12-25-14-19)27-28-24(30)33-16(4)23(31)26-20-13-15(3)32-29-20/h7-14,16H,5-6H2,1-4H3,(H,26,29,31). The molecule has 0 saturated carbocycles. The third-order valence-corrected chi connectivity index (χ3v) is 6.31. The van der Waals surface area contributed by atoms with E-state index >= 15 is 0 Å². The number of carbonyl (C=O) groups excluding carboxylic acids is 1. The van der Waals surface area contributed by atoms with Crippen molar-refractivity contribution < 1.29 is 9.32 Å². The van der Waals surface area contributed by atoms with Crippen molar-refractivity contribution in [2.75, 3.05) is 5.32 Å². The highest BCUT2D eigenvalue weighted by Crippen LogP contribution is 2.33. The lowest BCUT2D eigenvalue weighted by Gasteiger charge is -2.19. The number of para-hydroxylation sites is 1. The fraction of sp³-hybridized carbons (Fsp3) is 0.292.